The summed E-state index contributed by atoms with van der Waals surface area (Å²) in [7, 11) is 0. The zero-order valence-electron chi connectivity index (χ0n) is 10.6. The second-order valence-corrected chi connectivity index (χ2v) is 4.92. The van der Waals surface area contributed by atoms with Gasteiger partial charge < -0.3 is 10.5 Å². The van der Waals surface area contributed by atoms with Gasteiger partial charge in [-0.15, -0.1) is 5.10 Å². The number of rotatable bonds is 1. The minimum Gasteiger partial charge on any atom is -0.420 e. The first-order chi connectivity index (χ1) is 9.63. The first-order valence-electron chi connectivity index (χ1n) is 6.00. The van der Waals surface area contributed by atoms with Crippen LogP contribution in [0.15, 0.2) is 35.7 Å². The number of H-pyrrole nitrogens is 1. The maximum Gasteiger partial charge on any atom is 0.244 e. The molecule has 5 nitrogen and oxygen atoms in total. The number of halogens is 1. The molecule has 1 atom stereocenters. The van der Waals surface area contributed by atoms with E-state index in [1.54, 1.807) is 6.07 Å². The van der Waals surface area contributed by atoms with Crippen LogP contribution in [0.2, 0.25) is 5.02 Å². The second-order valence-electron chi connectivity index (χ2n) is 4.51. The van der Waals surface area contributed by atoms with Crippen molar-refractivity contribution in [3.05, 3.63) is 57.6 Å². The molecule has 6 heteroatoms. The molecule has 0 saturated carbocycles. The average molecular weight is 287 g/mol. The summed E-state index contributed by atoms with van der Waals surface area (Å²) in [4.78, 5) is 0. The van der Waals surface area contributed by atoms with Gasteiger partial charge in [-0.3, -0.25) is 5.10 Å². The van der Waals surface area contributed by atoms with E-state index in [2.05, 4.69) is 16.3 Å². The summed E-state index contributed by atoms with van der Waals surface area (Å²) in [5, 5.41) is 16.9. The fraction of sp³-hybridized carbons (Fsp3) is 0.143. The van der Waals surface area contributed by atoms with Gasteiger partial charge in [0.15, 0.2) is 0 Å². The van der Waals surface area contributed by atoms with Crippen molar-refractivity contribution in [3.63, 3.8) is 0 Å². The molecule has 3 N–H and O–H groups in total. The summed E-state index contributed by atoms with van der Waals surface area (Å²) < 4.78 is 5.40. The van der Waals surface area contributed by atoms with Gasteiger partial charge in [0.05, 0.1) is 5.92 Å². The molecule has 0 fully saturated rings. The van der Waals surface area contributed by atoms with Crippen LogP contribution in [0, 0.1) is 18.3 Å². The van der Waals surface area contributed by atoms with Gasteiger partial charge in [0.1, 0.15) is 11.6 Å². The molecule has 3 rings (SSSR count). The van der Waals surface area contributed by atoms with Crippen LogP contribution < -0.4 is 10.5 Å². The van der Waals surface area contributed by atoms with Crippen molar-refractivity contribution in [2.45, 2.75) is 12.8 Å². The number of nitrogens with one attached hydrogen (secondary N) is 1. The lowest BCUT2D eigenvalue weighted by atomic mass is 9.84. The molecule has 0 amide bonds. The zero-order valence-corrected chi connectivity index (χ0v) is 11.4. The number of nitrogens with two attached hydrogens (primary N) is 1. The highest BCUT2D eigenvalue weighted by atomic mass is 35.5. The third kappa shape index (κ3) is 1.74. The molecule has 0 bridgehead atoms. The van der Waals surface area contributed by atoms with Crippen molar-refractivity contribution in [2.75, 3.05) is 0 Å². The van der Waals surface area contributed by atoms with Crippen molar-refractivity contribution in [1.82, 2.24) is 10.2 Å². The Morgan fingerprint density at radius 2 is 2.20 bits per heavy atom. The molecular weight excluding hydrogens is 276 g/mol. The van der Waals surface area contributed by atoms with Crippen LogP contribution >= 0.6 is 11.6 Å². The SMILES string of the molecule is Cc1[nH]nc2c1[C@H](c1ccccc1Cl)C(C#N)=C(N)O2. The molecule has 0 unspecified atom stereocenters. The smallest absolute Gasteiger partial charge is 0.244 e. The van der Waals surface area contributed by atoms with Crippen LogP contribution in [-0.2, 0) is 0 Å². The Balaban J connectivity index is 2.29. The minimum atomic E-state index is -0.365. The molecule has 1 aromatic carbocycles. The number of aromatic amines is 1. The van der Waals surface area contributed by atoms with E-state index < -0.39 is 0 Å². The standard InChI is InChI=1S/C14H11ClN4O/c1-7-11-12(8-4-2-3-5-10(8)15)9(6-16)13(17)20-14(11)19-18-7/h2-5,12H,17H2,1H3,(H,18,19)/t12-/m1/s1. The lowest BCUT2D eigenvalue weighted by Gasteiger charge is -2.24. The number of benzene rings is 1. The van der Waals surface area contributed by atoms with E-state index in [0.717, 1.165) is 16.8 Å². The van der Waals surface area contributed by atoms with Crippen molar-refractivity contribution >= 4 is 11.6 Å². The number of ether oxygens (including phenoxy) is 1. The molecule has 0 spiro atoms. The van der Waals surface area contributed by atoms with Gasteiger partial charge in [0.25, 0.3) is 0 Å². The molecule has 1 aliphatic heterocycles. The Hall–Kier alpha value is -2.45. The van der Waals surface area contributed by atoms with E-state index in [-0.39, 0.29) is 11.8 Å². The number of nitrogens with zero attached hydrogens (tertiary/aromatic N) is 2. The summed E-state index contributed by atoms with van der Waals surface area (Å²) >= 11 is 6.27. The topological polar surface area (TPSA) is 87.7 Å². The van der Waals surface area contributed by atoms with Crippen LogP contribution in [0.4, 0.5) is 0 Å². The van der Waals surface area contributed by atoms with Crippen LogP contribution in [0.25, 0.3) is 0 Å². The van der Waals surface area contributed by atoms with E-state index in [0.29, 0.717) is 16.5 Å². The third-order valence-corrected chi connectivity index (χ3v) is 3.69. The van der Waals surface area contributed by atoms with Crippen LogP contribution in [0.1, 0.15) is 22.7 Å². The zero-order chi connectivity index (χ0) is 14.3. The predicted octanol–water partition coefficient (Wildman–Crippen LogP) is 2.59. The molecule has 20 heavy (non-hydrogen) atoms. The molecule has 1 aromatic heterocycles. The Kier molecular flexibility index (Phi) is 2.88. The number of nitriles is 1. The molecule has 1 aliphatic rings. The maximum absolute atomic E-state index is 9.40. The van der Waals surface area contributed by atoms with Crippen LogP contribution in [0.5, 0.6) is 5.88 Å². The lowest BCUT2D eigenvalue weighted by Crippen LogP contribution is -2.21. The van der Waals surface area contributed by atoms with Gasteiger partial charge in [-0.05, 0) is 18.6 Å². The Morgan fingerprint density at radius 1 is 1.45 bits per heavy atom. The average Bonchev–Trinajstić information content (AvgIpc) is 2.79. The van der Waals surface area contributed by atoms with Crippen molar-refractivity contribution in [1.29, 1.82) is 5.26 Å². The minimum absolute atomic E-state index is 0.0661. The Labute approximate surface area is 120 Å². The van der Waals surface area contributed by atoms with E-state index in [9.17, 15) is 5.26 Å². The van der Waals surface area contributed by atoms with E-state index in [1.165, 1.54) is 0 Å². The highest BCUT2D eigenvalue weighted by molar-refractivity contribution is 6.31. The number of aryl methyl sites for hydroxylation is 1. The number of aromatic nitrogens is 2. The second kappa shape index (κ2) is 4.58. The highest BCUT2D eigenvalue weighted by Crippen LogP contribution is 2.44. The van der Waals surface area contributed by atoms with Gasteiger partial charge in [0.2, 0.25) is 11.8 Å². The third-order valence-electron chi connectivity index (χ3n) is 3.35. The quantitative estimate of drug-likeness (QED) is 0.843. The number of hydrogen-bond donors (Lipinski definition) is 2. The summed E-state index contributed by atoms with van der Waals surface area (Å²) in [5.74, 6) is 0.0940. The Bertz CT molecular complexity index is 757. The monoisotopic (exact) mass is 286 g/mol. The van der Waals surface area contributed by atoms with Crippen molar-refractivity contribution in [2.24, 2.45) is 5.73 Å². The first kappa shape index (κ1) is 12.6. The van der Waals surface area contributed by atoms with Crippen molar-refractivity contribution < 1.29 is 4.74 Å². The molecule has 0 aliphatic carbocycles. The van der Waals surface area contributed by atoms with Gasteiger partial charge in [-0.1, -0.05) is 29.8 Å². The van der Waals surface area contributed by atoms with Gasteiger partial charge in [0, 0.05) is 16.3 Å². The lowest BCUT2D eigenvalue weighted by molar-refractivity contribution is 0.379. The molecule has 2 heterocycles. The predicted molar refractivity (Wildman–Crippen MR) is 74.1 cm³/mol. The molecule has 0 saturated heterocycles. The van der Waals surface area contributed by atoms with Crippen LogP contribution in [-0.4, -0.2) is 10.2 Å². The summed E-state index contributed by atoms with van der Waals surface area (Å²) in [6, 6.07) is 9.49. The number of hydrogen-bond acceptors (Lipinski definition) is 4. The van der Waals surface area contributed by atoms with Gasteiger partial charge in [-0.2, -0.15) is 5.26 Å². The number of fused-ring (bicyclic) bond motifs is 1. The first-order valence-corrected chi connectivity index (χ1v) is 6.38. The number of allylic oxidation sites excluding steroid dienone is 1. The van der Waals surface area contributed by atoms with Crippen molar-refractivity contribution in [3.8, 4) is 11.9 Å². The van der Waals surface area contributed by atoms with Gasteiger partial charge in [-0.25, -0.2) is 0 Å². The fourth-order valence-corrected chi connectivity index (χ4v) is 2.66. The summed E-state index contributed by atoms with van der Waals surface area (Å²) in [5.41, 5.74) is 8.60. The maximum atomic E-state index is 9.40. The highest BCUT2D eigenvalue weighted by Gasteiger charge is 2.35. The normalized spacial score (nSPS) is 17.4. The molecule has 0 radical (unpaired) electrons. The molecule has 2 aromatic rings. The fourth-order valence-electron chi connectivity index (χ4n) is 2.42. The molecular formula is C14H11ClN4O. The van der Waals surface area contributed by atoms with E-state index in [4.69, 9.17) is 22.1 Å². The van der Waals surface area contributed by atoms with E-state index in [1.807, 2.05) is 25.1 Å². The van der Waals surface area contributed by atoms with E-state index >= 15 is 0 Å². The van der Waals surface area contributed by atoms with Gasteiger partial charge >= 0.3 is 0 Å². The molecule has 100 valence electrons. The summed E-state index contributed by atoms with van der Waals surface area (Å²) in [6.07, 6.45) is 0. The summed E-state index contributed by atoms with van der Waals surface area (Å²) in [6.45, 7) is 1.87. The van der Waals surface area contributed by atoms with Crippen LogP contribution in [0.3, 0.4) is 0 Å². The largest absolute Gasteiger partial charge is 0.420 e. The Morgan fingerprint density at radius 3 is 2.90 bits per heavy atom.